The largest absolute Gasteiger partial charge is 0.390 e. The van der Waals surface area contributed by atoms with Crippen LogP contribution in [-0.2, 0) is 5.92 Å². The molecular formula is C9H6ClF6NO. The fourth-order valence-corrected chi connectivity index (χ4v) is 1.34. The van der Waals surface area contributed by atoms with E-state index in [-0.39, 0.29) is 11.8 Å². The third-order valence-corrected chi connectivity index (χ3v) is 2.33. The third kappa shape index (κ3) is 2.33. The number of halogens is 7. The van der Waals surface area contributed by atoms with Crippen LogP contribution in [0.5, 0.6) is 0 Å². The zero-order chi connectivity index (χ0) is 14.4. The molecule has 1 rings (SSSR count). The number of hydrogen-bond donors (Lipinski definition) is 1. The summed E-state index contributed by atoms with van der Waals surface area (Å²) in [5, 5.41) is -5.45. The second-order valence-electron chi connectivity index (χ2n) is 3.56. The van der Waals surface area contributed by atoms with E-state index in [2.05, 4.69) is 11.6 Å². The lowest BCUT2D eigenvalue weighted by Gasteiger charge is -2.29. The van der Waals surface area contributed by atoms with Crippen LogP contribution >= 0.6 is 11.6 Å². The van der Waals surface area contributed by atoms with E-state index in [1.54, 1.807) is 0 Å². The standard InChI is InChI=1S/C9H6ClF6NO/c1-4-2-5(3-6(18)17-4)7(11,12)8(13,14)9(10,15)16/h2-3H,1H3,(H,17,18). The smallest absolute Gasteiger partial charge is 0.326 e. The number of aromatic amines is 1. The summed E-state index contributed by atoms with van der Waals surface area (Å²) in [5.74, 6) is -11.1. The summed E-state index contributed by atoms with van der Waals surface area (Å²) in [6, 6.07) is 0.585. The minimum absolute atomic E-state index is 0.115. The Morgan fingerprint density at radius 1 is 1.11 bits per heavy atom. The van der Waals surface area contributed by atoms with Gasteiger partial charge in [-0.1, -0.05) is 0 Å². The number of hydrogen-bond acceptors (Lipinski definition) is 1. The van der Waals surface area contributed by atoms with Crippen molar-refractivity contribution in [2.75, 3.05) is 0 Å². The van der Waals surface area contributed by atoms with Crippen LogP contribution in [0.4, 0.5) is 26.3 Å². The molecule has 0 saturated heterocycles. The first-order valence-corrected chi connectivity index (χ1v) is 4.81. The Morgan fingerprint density at radius 2 is 1.61 bits per heavy atom. The molecule has 1 N–H and O–H groups in total. The van der Waals surface area contributed by atoms with Gasteiger partial charge in [-0.15, -0.1) is 0 Å². The average Bonchev–Trinajstić information content (AvgIpc) is 2.13. The van der Waals surface area contributed by atoms with Crippen molar-refractivity contribution in [3.63, 3.8) is 0 Å². The topological polar surface area (TPSA) is 32.9 Å². The van der Waals surface area contributed by atoms with Gasteiger partial charge in [0.25, 0.3) is 0 Å². The molecule has 0 aliphatic heterocycles. The summed E-state index contributed by atoms with van der Waals surface area (Å²) in [5.41, 5.74) is -2.82. The summed E-state index contributed by atoms with van der Waals surface area (Å²) in [4.78, 5) is 12.9. The van der Waals surface area contributed by atoms with Crippen LogP contribution in [0.2, 0.25) is 0 Å². The lowest BCUT2D eigenvalue weighted by atomic mass is 10.0. The van der Waals surface area contributed by atoms with Gasteiger partial charge in [0, 0.05) is 17.3 Å². The van der Waals surface area contributed by atoms with Crippen LogP contribution in [0.15, 0.2) is 16.9 Å². The highest BCUT2D eigenvalue weighted by molar-refractivity contribution is 6.22. The zero-order valence-electron chi connectivity index (χ0n) is 8.71. The Labute approximate surface area is 102 Å². The van der Waals surface area contributed by atoms with Crippen molar-refractivity contribution in [1.29, 1.82) is 0 Å². The Hall–Kier alpha value is -1.18. The van der Waals surface area contributed by atoms with Crippen LogP contribution in [0, 0.1) is 6.92 Å². The molecule has 0 atom stereocenters. The van der Waals surface area contributed by atoms with E-state index >= 15 is 0 Å². The monoisotopic (exact) mass is 293 g/mol. The van der Waals surface area contributed by atoms with Crippen molar-refractivity contribution in [3.05, 3.63) is 33.7 Å². The first-order chi connectivity index (χ1) is 7.89. The highest BCUT2D eigenvalue weighted by Gasteiger charge is 2.71. The van der Waals surface area contributed by atoms with E-state index in [1.807, 2.05) is 4.98 Å². The summed E-state index contributed by atoms with van der Waals surface area (Å²) in [7, 11) is 0. The Kier molecular flexibility index (Phi) is 3.46. The Morgan fingerprint density at radius 3 is 2.00 bits per heavy atom. The molecule has 0 unspecified atom stereocenters. The van der Waals surface area contributed by atoms with Crippen LogP contribution in [-0.4, -0.2) is 16.3 Å². The number of H-pyrrole nitrogens is 1. The molecule has 0 spiro atoms. The molecule has 1 heterocycles. The molecule has 9 heteroatoms. The quantitative estimate of drug-likeness (QED) is 0.673. The van der Waals surface area contributed by atoms with Gasteiger partial charge in [-0.3, -0.25) is 4.79 Å². The summed E-state index contributed by atoms with van der Waals surface area (Å²) >= 11 is 3.99. The maximum absolute atomic E-state index is 13.3. The summed E-state index contributed by atoms with van der Waals surface area (Å²) in [6.07, 6.45) is 0. The third-order valence-electron chi connectivity index (χ3n) is 2.09. The van der Waals surface area contributed by atoms with Gasteiger partial charge in [0.2, 0.25) is 5.56 Å². The molecule has 2 nitrogen and oxygen atoms in total. The minimum atomic E-state index is -5.83. The fourth-order valence-electron chi connectivity index (χ4n) is 1.22. The SMILES string of the molecule is Cc1cc(C(F)(F)C(F)(F)C(F)(F)Cl)cc(=O)[nH]1. The molecule has 0 aromatic carbocycles. The van der Waals surface area contributed by atoms with Crippen LogP contribution < -0.4 is 5.56 Å². The van der Waals surface area contributed by atoms with E-state index in [4.69, 9.17) is 0 Å². The van der Waals surface area contributed by atoms with Gasteiger partial charge in [0.1, 0.15) is 0 Å². The first-order valence-electron chi connectivity index (χ1n) is 4.43. The second-order valence-corrected chi connectivity index (χ2v) is 4.04. The van der Waals surface area contributed by atoms with E-state index in [9.17, 15) is 31.1 Å². The Bertz CT molecular complexity index is 507. The van der Waals surface area contributed by atoms with Crippen LogP contribution in [0.1, 0.15) is 11.3 Å². The number of aromatic nitrogens is 1. The predicted molar refractivity (Wildman–Crippen MR) is 51.4 cm³/mol. The number of nitrogens with one attached hydrogen (secondary N) is 1. The molecule has 0 bridgehead atoms. The van der Waals surface area contributed by atoms with E-state index < -0.39 is 28.3 Å². The molecule has 0 aliphatic rings. The van der Waals surface area contributed by atoms with Gasteiger partial charge in [0.15, 0.2) is 0 Å². The van der Waals surface area contributed by atoms with Crippen molar-refractivity contribution in [1.82, 2.24) is 4.98 Å². The average molecular weight is 294 g/mol. The van der Waals surface area contributed by atoms with Gasteiger partial charge >= 0.3 is 17.2 Å². The zero-order valence-corrected chi connectivity index (χ0v) is 9.46. The van der Waals surface area contributed by atoms with Crippen molar-refractivity contribution >= 4 is 11.6 Å². The van der Waals surface area contributed by atoms with Gasteiger partial charge in [-0.25, -0.2) is 0 Å². The predicted octanol–water partition coefficient (Wildman–Crippen LogP) is 3.24. The second kappa shape index (κ2) is 4.18. The van der Waals surface area contributed by atoms with Crippen LogP contribution in [0.3, 0.4) is 0 Å². The first kappa shape index (κ1) is 14.9. The lowest BCUT2D eigenvalue weighted by Crippen LogP contribution is -2.49. The number of pyridine rings is 1. The highest BCUT2D eigenvalue weighted by atomic mass is 35.5. The molecule has 1 aromatic heterocycles. The molecule has 102 valence electrons. The Balaban J connectivity index is 3.42. The molecule has 0 fully saturated rings. The van der Waals surface area contributed by atoms with E-state index in [1.165, 1.54) is 0 Å². The lowest BCUT2D eigenvalue weighted by molar-refractivity contribution is -0.286. The summed E-state index contributed by atoms with van der Waals surface area (Å²) < 4.78 is 77.1. The number of alkyl halides is 7. The highest BCUT2D eigenvalue weighted by Crippen LogP contribution is 2.52. The normalized spacial score (nSPS) is 13.8. The van der Waals surface area contributed by atoms with Gasteiger partial charge in [-0.05, 0) is 24.6 Å². The van der Waals surface area contributed by atoms with Gasteiger partial charge in [-0.2, -0.15) is 26.3 Å². The van der Waals surface area contributed by atoms with Crippen molar-refractivity contribution in [3.8, 4) is 0 Å². The molecule has 0 radical (unpaired) electrons. The molecule has 18 heavy (non-hydrogen) atoms. The summed E-state index contributed by atoms with van der Waals surface area (Å²) in [6.45, 7) is 1.14. The molecule has 0 saturated carbocycles. The molecule has 0 amide bonds. The van der Waals surface area contributed by atoms with Crippen molar-refractivity contribution in [2.24, 2.45) is 0 Å². The fraction of sp³-hybridized carbons (Fsp3) is 0.444. The van der Waals surface area contributed by atoms with Gasteiger partial charge in [0.05, 0.1) is 0 Å². The minimum Gasteiger partial charge on any atom is -0.326 e. The van der Waals surface area contributed by atoms with Crippen LogP contribution in [0.25, 0.3) is 0 Å². The maximum atomic E-state index is 13.3. The van der Waals surface area contributed by atoms with E-state index in [0.717, 1.165) is 6.92 Å². The molecular weight excluding hydrogens is 288 g/mol. The van der Waals surface area contributed by atoms with E-state index in [0.29, 0.717) is 6.07 Å². The van der Waals surface area contributed by atoms with Crippen molar-refractivity contribution < 1.29 is 26.3 Å². The number of aryl methyl sites for hydroxylation is 1. The van der Waals surface area contributed by atoms with Crippen molar-refractivity contribution in [2.45, 2.75) is 24.2 Å². The maximum Gasteiger partial charge on any atom is 0.390 e. The number of rotatable bonds is 3. The van der Waals surface area contributed by atoms with Gasteiger partial charge < -0.3 is 4.98 Å². The molecule has 1 aromatic rings. The molecule has 0 aliphatic carbocycles.